The summed E-state index contributed by atoms with van der Waals surface area (Å²) in [6.07, 6.45) is -0.870. The average molecular weight is 329 g/mol. The molecule has 0 saturated carbocycles. The van der Waals surface area contributed by atoms with Gasteiger partial charge in [0.25, 0.3) is 6.43 Å². The fourth-order valence-corrected chi connectivity index (χ4v) is 2.17. The monoisotopic (exact) mass is 327 g/mol. The van der Waals surface area contributed by atoms with Gasteiger partial charge in [0.05, 0.1) is 5.56 Å². The molecule has 0 radical (unpaired) electrons. The van der Waals surface area contributed by atoms with E-state index in [1.54, 1.807) is 0 Å². The summed E-state index contributed by atoms with van der Waals surface area (Å²) in [6, 6.07) is 0. The van der Waals surface area contributed by atoms with Crippen LogP contribution < -0.4 is 0 Å². The molecule has 0 fully saturated rings. The summed E-state index contributed by atoms with van der Waals surface area (Å²) in [4.78, 5) is 14.2. The fourth-order valence-electron chi connectivity index (χ4n) is 1.03. The molecule has 0 amide bonds. The summed E-state index contributed by atoms with van der Waals surface area (Å²) in [6.45, 7) is 0. The third kappa shape index (κ3) is 2.17. The van der Waals surface area contributed by atoms with E-state index in [9.17, 15) is 13.6 Å². The lowest BCUT2D eigenvalue weighted by Gasteiger charge is -2.09. The quantitative estimate of drug-likeness (QED) is 0.483. The summed E-state index contributed by atoms with van der Waals surface area (Å²) in [5.41, 5.74) is 0.226. The van der Waals surface area contributed by atoms with E-state index in [0.717, 1.165) is 0 Å². The second-order valence-electron chi connectivity index (χ2n) is 2.45. The normalized spacial score (nSPS) is 10.6. The highest BCUT2D eigenvalue weighted by Crippen LogP contribution is 2.31. The van der Waals surface area contributed by atoms with Crippen molar-refractivity contribution in [2.24, 2.45) is 0 Å². The van der Waals surface area contributed by atoms with Crippen molar-refractivity contribution in [1.82, 2.24) is 4.98 Å². The second-order valence-corrected chi connectivity index (χ2v) is 3.76. The molecule has 2 nitrogen and oxygen atoms in total. The molecule has 1 rings (SSSR count). The molecule has 1 heterocycles. The number of pyridine rings is 1. The Balaban J connectivity index is 3.42. The number of alkyl halides is 3. The SMILES string of the molecule is O=Cc1cnc(Br)c(C(F)F)c1CBr. The van der Waals surface area contributed by atoms with Gasteiger partial charge in [-0.15, -0.1) is 0 Å². The number of halogens is 4. The lowest BCUT2D eigenvalue weighted by molar-refractivity contribution is 0.112. The highest BCUT2D eigenvalue weighted by molar-refractivity contribution is 9.10. The maximum absolute atomic E-state index is 12.6. The van der Waals surface area contributed by atoms with Gasteiger partial charge in [-0.25, -0.2) is 13.8 Å². The molecule has 1 aromatic rings. The molecule has 0 aliphatic rings. The van der Waals surface area contributed by atoms with Gasteiger partial charge in [-0.05, 0) is 21.5 Å². The molecule has 1 aromatic heterocycles. The molecule has 0 aliphatic heterocycles. The second kappa shape index (κ2) is 4.93. The van der Waals surface area contributed by atoms with E-state index >= 15 is 0 Å². The van der Waals surface area contributed by atoms with E-state index in [0.29, 0.717) is 6.29 Å². The molecule has 0 N–H and O–H groups in total. The number of nitrogens with zero attached hydrogens (tertiary/aromatic N) is 1. The van der Waals surface area contributed by atoms with Crippen LogP contribution in [-0.4, -0.2) is 11.3 Å². The molecule has 0 atom stereocenters. The predicted octanol–water partition coefficient (Wildman–Crippen LogP) is 3.49. The van der Waals surface area contributed by atoms with Crippen molar-refractivity contribution >= 4 is 38.1 Å². The van der Waals surface area contributed by atoms with Crippen molar-refractivity contribution in [1.29, 1.82) is 0 Å². The molecular formula is C8H5Br2F2NO. The number of hydrogen-bond donors (Lipinski definition) is 0. The first-order valence-corrected chi connectivity index (χ1v) is 5.49. The van der Waals surface area contributed by atoms with Gasteiger partial charge in [-0.3, -0.25) is 4.79 Å². The van der Waals surface area contributed by atoms with Crippen LogP contribution in [0.3, 0.4) is 0 Å². The zero-order valence-corrected chi connectivity index (χ0v) is 9.98. The molecule has 6 heteroatoms. The minimum absolute atomic E-state index is 0.0764. The Morgan fingerprint density at radius 1 is 1.57 bits per heavy atom. The van der Waals surface area contributed by atoms with Gasteiger partial charge in [-0.1, -0.05) is 15.9 Å². The number of aldehydes is 1. The average Bonchev–Trinajstić information content (AvgIpc) is 2.16. The van der Waals surface area contributed by atoms with Gasteiger partial charge >= 0.3 is 0 Å². The fraction of sp³-hybridized carbons (Fsp3) is 0.250. The van der Waals surface area contributed by atoms with Crippen molar-refractivity contribution in [3.8, 4) is 0 Å². The summed E-state index contributed by atoms with van der Waals surface area (Å²) < 4.78 is 25.2. The minimum atomic E-state index is -2.65. The van der Waals surface area contributed by atoms with E-state index in [2.05, 4.69) is 36.8 Å². The molecule has 14 heavy (non-hydrogen) atoms. The summed E-state index contributed by atoms with van der Waals surface area (Å²) in [5, 5.41) is 0.196. The van der Waals surface area contributed by atoms with Gasteiger partial charge in [-0.2, -0.15) is 0 Å². The number of rotatable bonds is 3. The Morgan fingerprint density at radius 3 is 2.64 bits per heavy atom. The number of hydrogen-bond acceptors (Lipinski definition) is 2. The standard InChI is InChI=1S/C8H5Br2F2NO/c9-1-5-4(3-14)2-13-7(10)6(5)8(11)12/h2-3,8H,1H2. The molecule has 0 saturated heterocycles. The third-order valence-corrected chi connectivity index (χ3v) is 2.88. The Kier molecular flexibility index (Phi) is 4.12. The third-order valence-electron chi connectivity index (χ3n) is 1.69. The van der Waals surface area contributed by atoms with E-state index in [-0.39, 0.29) is 26.6 Å². The van der Waals surface area contributed by atoms with Gasteiger partial charge < -0.3 is 0 Å². The van der Waals surface area contributed by atoms with Crippen LogP contribution in [-0.2, 0) is 5.33 Å². The molecule has 0 bridgehead atoms. The highest BCUT2D eigenvalue weighted by atomic mass is 79.9. The minimum Gasteiger partial charge on any atom is -0.298 e. The maximum atomic E-state index is 12.6. The Labute approximate surface area is 96.0 Å². The molecule has 76 valence electrons. The summed E-state index contributed by atoms with van der Waals surface area (Å²) >= 11 is 5.99. The van der Waals surface area contributed by atoms with Crippen LogP contribution in [0.15, 0.2) is 10.8 Å². The Bertz CT molecular complexity index is 357. The van der Waals surface area contributed by atoms with Crippen molar-refractivity contribution in [3.63, 3.8) is 0 Å². The van der Waals surface area contributed by atoms with Crippen LogP contribution in [0, 0.1) is 0 Å². The smallest absolute Gasteiger partial charge is 0.266 e. The maximum Gasteiger partial charge on any atom is 0.266 e. The zero-order valence-electron chi connectivity index (χ0n) is 6.81. The highest BCUT2D eigenvalue weighted by Gasteiger charge is 2.19. The lowest BCUT2D eigenvalue weighted by Crippen LogP contribution is -2.01. The van der Waals surface area contributed by atoms with E-state index in [4.69, 9.17) is 0 Å². The predicted molar refractivity (Wildman–Crippen MR) is 54.9 cm³/mol. The van der Waals surface area contributed by atoms with Crippen LogP contribution in [0.25, 0.3) is 0 Å². The van der Waals surface area contributed by atoms with Gasteiger partial charge in [0.1, 0.15) is 4.60 Å². The van der Waals surface area contributed by atoms with Gasteiger partial charge in [0.15, 0.2) is 6.29 Å². The van der Waals surface area contributed by atoms with E-state index in [1.807, 2.05) is 0 Å². The first-order chi connectivity index (χ1) is 6.61. The molecule has 0 spiro atoms. The van der Waals surface area contributed by atoms with Crippen molar-refractivity contribution in [2.45, 2.75) is 11.8 Å². The van der Waals surface area contributed by atoms with Crippen molar-refractivity contribution in [2.75, 3.05) is 0 Å². The van der Waals surface area contributed by atoms with E-state index in [1.165, 1.54) is 6.20 Å². The largest absolute Gasteiger partial charge is 0.298 e. The molecule has 0 unspecified atom stereocenters. The zero-order chi connectivity index (χ0) is 10.7. The Hall–Kier alpha value is -0.360. The first-order valence-electron chi connectivity index (χ1n) is 3.58. The summed E-state index contributed by atoms with van der Waals surface area (Å²) in [5.74, 6) is 0. The number of aromatic nitrogens is 1. The van der Waals surface area contributed by atoms with Crippen LogP contribution >= 0.6 is 31.9 Å². The number of carbonyl (C=O) groups excluding carboxylic acids is 1. The summed E-state index contributed by atoms with van der Waals surface area (Å²) in [7, 11) is 0. The number of carbonyl (C=O) groups is 1. The Morgan fingerprint density at radius 2 is 2.21 bits per heavy atom. The van der Waals surface area contributed by atoms with Crippen molar-refractivity contribution < 1.29 is 13.6 Å². The molecule has 0 aliphatic carbocycles. The first kappa shape index (κ1) is 11.7. The lowest BCUT2D eigenvalue weighted by atomic mass is 10.1. The van der Waals surface area contributed by atoms with Crippen LogP contribution in [0.1, 0.15) is 27.9 Å². The van der Waals surface area contributed by atoms with Gasteiger partial charge in [0.2, 0.25) is 0 Å². The van der Waals surface area contributed by atoms with E-state index < -0.39 is 6.43 Å². The topological polar surface area (TPSA) is 30.0 Å². The van der Waals surface area contributed by atoms with Gasteiger partial charge in [0, 0.05) is 17.1 Å². The van der Waals surface area contributed by atoms with Crippen LogP contribution in [0.4, 0.5) is 8.78 Å². The van der Waals surface area contributed by atoms with Crippen molar-refractivity contribution in [3.05, 3.63) is 27.5 Å². The van der Waals surface area contributed by atoms with Crippen LogP contribution in [0.5, 0.6) is 0 Å². The van der Waals surface area contributed by atoms with Crippen LogP contribution in [0.2, 0.25) is 0 Å². The molecule has 0 aromatic carbocycles. The molecular weight excluding hydrogens is 324 g/mol.